The van der Waals surface area contributed by atoms with Crippen molar-refractivity contribution in [1.82, 2.24) is 20.0 Å². The molecule has 11 nitrogen and oxygen atoms in total. The average Bonchev–Trinajstić information content (AvgIpc) is 3.41. The Bertz CT molecular complexity index is 761. The standard InChI is InChI=1S/C26H46N4O7/c1-7-18(2)24(28(4)23(33)16-27-26(34)29-11-13-37-14-12-29)21(35-5)15-22(32)30-10-8-9-20(30)25(36-6)19(3)17-31/h17-21,24-25H,7-16H2,1-6H3,(H,27,34). The van der Waals surface area contributed by atoms with Gasteiger partial charge in [0.2, 0.25) is 11.8 Å². The van der Waals surface area contributed by atoms with Crippen LogP contribution in [0.1, 0.15) is 46.5 Å². The highest BCUT2D eigenvalue weighted by molar-refractivity contribution is 5.84. The van der Waals surface area contributed by atoms with Crippen LogP contribution < -0.4 is 5.32 Å². The van der Waals surface area contributed by atoms with Crippen LogP contribution in [0.2, 0.25) is 0 Å². The molecule has 0 radical (unpaired) electrons. The summed E-state index contributed by atoms with van der Waals surface area (Å²) in [7, 11) is 4.82. The fraction of sp³-hybridized carbons (Fsp3) is 0.846. The lowest BCUT2D eigenvalue weighted by atomic mass is 9.90. The number of aldehydes is 1. The molecule has 2 aliphatic rings. The molecule has 0 aromatic rings. The van der Waals surface area contributed by atoms with Gasteiger partial charge in [0, 0.05) is 46.8 Å². The third-order valence-corrected chi connectivity index (χ3v) is 7.82. The maximum absolute atomic E-state index is 13.5. The Labute approximate surface area is 221 Å². The number of likely N-dealkylation sites (N-methyl/N-ethyl adjacent to an activating group) is 1. The minimum Gasteiger partial charge on any atom is -0.379 e. The van der Waals surface area contributed by atoms with Gasteiger partial charge >= 0.3 is 6.03 Å². The minimum absolute atomic E-state index is 0.0535. The molecule has 0 aliphatic carbocycles. The topological polar surface area (TPSA) is 118 Å². The monoisotopic (exact) mass is 526 g/mol. The first-order chi connectivity index (χ1) is 17.7. The minimum atomic E-state index is -0.530. The summed E-state index contributed by atoms with van der Waals surface area (Å²) in [6.07, 6.45) is 2.47. The van der Waals surface area contributed by atoms with Crippen molar-refractivity contribution in [2.75, 3.05) is 60.7 Å². The number of rotatable bonds is 13. The van der Waals surface area contributed by atoms with Gasteiger partial charge in [-0.25, -0.2) is 4.79 Å². The van der Waals surface area contributed by atoms with Crippen LogP contribution in [0.25, 0.3) is 0 Å². The molecule has 2 heterocycles. The number of carbonyl (C=O) groups is 4. The molecule has 6 unspecified atom stereocenters. The number of hydrogen-bond donors (Lipinski definition) is 1. The van der Waals surface area contributed by atoms with Gasteiger partial charge in [0.1, 0.15) is 6.29 Å². The summed E-state index contributed by atoms with van der Waals surface area (Å²) in [4.78, 5) is 55.5. The number of amides is 4. The van der Waals surface area contributed by atoms with Gasteiger partial charge in [0.25, 0.3) is 0 Å². The van der Waals surface area contributed by atoms with E-state index >= 15 is 0 Å². The quantitative estimate of drug-likeness (QED) is 0.358. The van der Waals surface area contributed by atoms with Crippen LogP contribution in [0.5, 0.6) is 0 Å². The van der Waals surface area contributed by atoms with Gasteiger partial charge in [-0.2, -0.15) is 0 Å². The number of likely N-dealkylation sites (tertiary alicyclic amines) is 1. The zero-order chi connectivity index (χ0) is 27.5. The second-order valence-electron chi connectivity index (χ2n) is 10.1. The molecule has 0 bridgehead atoms. The molecule has 0 spiro atoms. The van der Waals surface area contributed by atoms with Gasteiger partial charge in [-0.15, -0.1) is 0 Å². The van der Waals surface area contributed by atoms with E-state index in [2.05, 4.69) is 5.32 Å². The number of nitrogens with zero attached hydrogens (tertiary/aromatic N) is 3. The molecule has 6 atom stereocenters. The van der Waals surface area contributed by atoms with E-state index in [1.807, 2.05) is 13.8 Å². The normalized spacial score (nSPS) is 22.1. The van der Waals surface area contributed by atoms with Crippen molar-refractivity contribution in [3.8, 4) is 0 Å². The summed E-state index contributed by atoms with van der Waals surface area (Å²) < 4.78 is 16.7. The van der Waals surface area contributed by atoms with Crippen molar-refractivity contribution >= 4 is 24.1 Å². The molecule has 4 amide bonds. The Morgan fingerprint density at radius 2 is 1.81 bits per heavy atom. The number of carbonyl (C=O) groups excluding carboxylic acids is 4. The molecule has 2 saturated heterocycles. The first-order valence-electron chi connectivity index (χ1n) is 13.4. The van der Waals surface area contributed by atoms with Crippen molar-refractivity contribution in [2.45, 2.75) is 70.7 Å². The fourth-order valence-electron chi connectivity index (χ4n) is 5.44. The van der Waals surface area contributed by atoms with Gasteiger partial charge in [-0.1, -0.05) is 27.2 Å². The lowest BCUT2D eigenvalue weighted by Crippen LogP contribution is -2.54. The molecule has 0 aromatic heterocycles. The van der Waals surface area contributed by atoms with Crippen LogP contribution in [-0.2, 0) is 28.6 Å². The molecule has 2 fully saturated rings. The lowest BCUT2D eigenvalue weighted by Gasteiger charge is -2.39. The highest BCUT2D eigenvalue weighted by Crippen LogP contribution is 2.28. The molecular formula is C26H46N4O7. The summed E-state index contributed by atoms with van der Waals surface area (Å²) >= 11 is 0. The lowest BCUT2D eigenvalue weighted by molar-refractivity contribution is -0.144. The summed E-state index contributed by atoms with van der Waals surface area (Å²) in [6.45, 7) is 8.28. The number of hydrogen-bond acceptors (Lipinski definition) is 7. The molecule has 2 aliphatic heterocycles. The van der Waals surface area contributed by atoms with Crippen molar-refractivity contribution in [3.63, 3.8) is 0 Å². The molecule has 37 heavy (non-hydrogen) atoms. The Balaban J connectivity index is 2.08. The van der Waals surface area contributed by atoms with E-state index in [-0.39, 0.29) is 60.8 Å². The number of morpholine rings is 1. The van der Waals surface area contributed by atoms with Crippen LogP contribution in [0.15, 0.2) is 0 Å². The Kier molecular flexibility index (Phi) is 12.8. The maximum atomic E-state index is 13.5. The smallest absolute Gasteiger partial charge is 0.317 e. The molecule has 1 N–H and O–H groups in total. The van der Waals surface area contributed by atoms with Crippen LogP contribution >= 0.6 is 0 Å². The SMILES string of the molecule is CCC(C)C(C(CC(=O)N1CCCC1C(OC)C(C)C=O)OC)N(C)C(=O)CNC(=O)N1CCOCC1. The predicted octanol–water partition coefficient (Wildman–Crippen LogP) is 1.15. The van der Waals surface area contributed by atoms with Crippen molar-refractivity contribution in [3.05, 3.63) is 0 Å². The summed E-state index contributed by atoms with van der Waals surface area (Å²) in [5.41, 5.74) is 0. The van der Waals surface area contributed by atoms with Gasteiger partial charge < -0.3 is 39.0 Å². The summed E-state index contributed by atoms with van der Waals surface area (Å²) in [6, 6.07) is -0.826. The van der Waals surface area contributed by atoms with Gasteiger partial charge in [0.05, 0.1) is 50.5 Å². The van der Waals surface area contributed by atoms with E-state index in [0.717, 1.165) is 25.5 Å². The second-order valence-corrected chi connectivity index (χ2v) is 10.1. The number of methoxy groups -OCH3 is 2. The van der Waals surface area contributed by atoms with Gasteiger partial charge in [0.15, 0.2) is 0 Å². The van der Waals surface area contributed by atoms with Crippen molar-refractivity contribution < 1.29 is 33.4 Å². The van der Waals surface area contributed by atoms with Crippen LogP contribution in [-0.4, -0.2) is 124 Å². The molecule has 212 valence electrons. The van der Waals surface area contributed by atoms with Crippen molar-refractivity contribution in [1.29, 1.82) is 0 Å². The van der Waals surface area contributed by atoms with Crippen LogP contribution in [0.4, 0.5) is 4.79 Å². The molecule has 11 heteroatoms. The number of urea groups is 1. The third kappa shape index (κ3) is 8.12. The molecule has 2 rings (SSSR count). The van der Waals surface area contributed by atoms with E-state index in [1.54, 1.807) is 42.9 Å². The van der Waals surface area contributed by atoms with Crippen LogP contribution in [0.3, 0.4) is 0 Å². The number of nitrogens with one attached hydrogen (secondary N) is 1. The highest BCUT2D eigenvalue weighted by atomic mass is 16.5. The molecule has 0 aromatic carbocycles. The summed E-state index contributed by atoms with van der Waals surface area (Å²) in [5, 5.41) is 2.71. The third-order valence-electron chi connectivity index (χ3n) is 7.82. The Morgan fingerprint density at radius 1 is 1.14 bits per heavy atom. The zero-order valence-electron chi connectivity index (χ0n) is 23.3. The highest BCUT2D eigenvalue weighted by Gasteiger charge is 2.40. The molecule has 0 saturated carbocycles. The number of ether oxygens (including phenoxy) is 3. The second kappa shape index (κ2) is 15.2. The van der Waals surface area contributed by atoms with E-state index < -0.39 is 6.10 Å². The van der Waals surface area contributed by atoms with E-state index in [0.29, 0.717) is 32.8 Å². The Hall–Kier alpha value is -2.24. The largest absolute Gasteiger partial charge is 0.379 e. The van der Waals surface area contributed by atoms with Gasteiger partial charge in [-0.3, -0.25) is 9.59 Å². The first-order valence-corrected chi connectivity index (χ1v) is 13.4. The zero-order valence-corrected chi connectivity index (χ0v) is 23.3. The molecular weight excluding hydrogens is 480 g/mol. The van der Waals surface area contributed by atoms with Crippen LogP contribution in [0, 0.1) is 11.8 Å². The fourth-order valence-corrected chi connectivity index (χ4v) is 5.44. The summed E-state index contributed by atoms with van der Waals surface area (Å²) in [5.74, 6) is -0.604. The van der Waals surface area contributed by atoms with E-state index in [9.17, 15) is 19.2 Å². The van der Waals surface area contributed by atoms with E-state index in [4.69, 9.17) is 14.2 Å². The first kappa shape index (κ1) is 31.0. The van der Waals surface area contributed by atoms with E-state index in [1.165, 1.54) is 0 Å². The predicted molar refractivity (Wildman–Crippen MR) is 138 cm³/mol. The maximum Gasteiger partial charge on any atom is 0.317 e. The van der Waals surface area contributed by atoms with Crippen molar-refractivity contribution in [2.24, 2.45) is 11.8 Å². The van der Waals surface area contributed by atoms with Gasteiger partial charge in [-0.05, 0) is 18.8 Å². The average molecular weight is 527 g/mol. The Morgan fingerprint density at radius 3 is 2.38 bits per heavy atom.